The zero-order valence-corrected chi connectivity index (χ0v) is 12.0. The molecule has 2 heteroatoms. The fourth-order valence-electron chi connectivity index (χ4n) is 0.375. The molecule has 0 bridgehead atoms. The second-order valence-electron chi connectivity index (χ2n) is 1.75. The summed E-state index contributed by atoms with van der Waals surface area (Å²) in [4.78, 5) is 0. The van der Waals surface area contributed by atoms with Gasteiger partial charge in [-0.2, -0.15) is 0 Å². The third kappa shape index (κ3) is 22.5. The van der Waals surface area contributed by atoms with Gasteiger partial charge in [0.2, 0.25) is 0 Å². The van der Waals surface area contributed by atoms with Crippen molar-refractivity contribution in [2.75, 3.05) is 14.1 Å². The first kappa shape index (κ1) is 23.3. The Hall–Kier alpha value is -0.660. The van der Waals surface area contributed by atoms with E-state index in [9.17, 15) is 0 Å². The first-order valence-electron chi connectivity index (χ1n) is 5.75. The minimum Gasteiger partial charge on any atom is -0.390 e. The van der Waals surface area contributed by atoms with Crippen LogP contribution in [0, 0.1) is 0 Å². The van der Waals surface area contributed by atoms with Gasteiger partial charge in [-0.3, -0.25) is 0 Å². The van der Waals surface area contributed by atoms with Crippen molar-refractivity contribution >= 4 is 0 Å². The van der Waals surface area contributed by atoms with Crippen LogP contribution in [-0.4, -0.2) is 14.1 Å². The highest BCUT2D eigenvalue weighted by atomic mass is 14.9. The third-order valence-corrected chi connectivity index (χ3v) is 1.31. The monoisotopic (exact) mass is 204 g/mol. The summed E-state index contributed by atoms with van der Waals surface area (Å²) in [5, 5.41) is 6.07. The van der Waals surface area contributed by atoms with Gasteiger partial charge in [-0.05, 0) is 13.8 Å². The van der Waals surface area contributed by atoms with Gasteiger partial charge in [0, 0.05) is 25.5 Å². The Labute approximate surface area is 92.2 Å². The van der Waals surface area contributed by atoms with Gasteiger partial charge < -0.3 is 10.6 Å². The molecular weight excluding hydrogens is 172 g/mol. The minimum absolute atomic E-state index is 1.19. The van der Waals surface area contributed by atoms with E-state index in [1.54, 1.807) is 0 Å². The van der Waals surface area contributed by atoms with Gasteiger partial charge >= 0.3 is 0 Å². The SMILES string of the molecule is CC.CC.CC.CN/C(C)=C(/C)NC. The maximum Gasteiger partial charge on any atom is 0.0262 e. The highest BCUT2D eigenvalue weighted by molar-refractivity contribution is 5.03. The van der Waals surface area contributed by atoms with Gasteiger partial charge in [-0.25, -0.2) is 0 Å². The predicted octanol–water partition coefficient (Wildman–Crippen LogP) is 3.76. The molecule has 90 valence electrons. The van der Waals surface area contributed by atoms with E-state index >= 15 is 0 Å². The molecule has 2 N–H and O–H groups in total. The molecule has 0 aromatic carbocycles. The predicted molar refractivity (Wildman–Crippen MR) is 70.5 cm³/mol. The van der Waals surface area contributed by atoms with Crippen LogP contribution >= 0.6 is 0 Å². The van der Waals surface area contributed by atoms with E-state index in [2.05, 4.69) is 10.6 Å². The summed E-state index contributed by atoms with van der Waals surface area (Å²) in [6.07, 6.45) is 0. The van der Waals surface area contributed by atoms with Crippen LogP contribution in [0.15, 0.2) is 11.4 Å². The first-order valence-corrected chi connectivity index (χ1v) is 5.75. The van der Waals surface area contributed by atoms with Crippen molar-refractivity contribution < 1.29 is 0 Å². The normalized spacial score (nSPS) is 8.43. The van der Waals surface area contributed by atoms with Gasteiger partial charge in [-0.15, -0.1) is 0 Å². The Morgan fingerprint density at radius 2 is 0.714 bits per heavy atom. The third-order valence-electron chi connectivity index (χ3n) is 1.31. The van der Waals surface area contributed by atoms with E-state index in [1.165, 1.54) is 11.4 Å². The Kier molecular flexibility index (Phi) is 49.0. The average molecular weight is 204 g/mol. The molecule has 14 heavy (non-hydrogen) atoms. The van der Waals surface area contributed by atoms with Crippen LogP contribution < -0.4 is 10.6 Å². The van der Waals surface area contributed by atoms with E-state index < -0.39 is 0 Å². The fraction of sp³-hybridized carbons (Fsp3) is 0.833. The highest BCUT2D eigenvalue weighted by Crippen LogP contribution is 1.90. The van der Waals surface area contributed by atoms with E-state index in [4.69, 9.17) is 0 Å². The second kappa shape index (κ2) is 29.5. The minimum atomic E-state index is 1.19. The Balaban J connectivity index is -0.0000000708. The lowest BCUT2D eigenvalue weighted by Gasteiger charge is -2.04. The zero-order valence-electron chi connectivity index (χ0n) is 12.0. The van der Waals surface area contributed by atoms with Crippen molar-refractivity contribution in [2.24, 2.45) is 0 Å². The largest absolute Gasteiger partial charge is 0.390 e. The summed E-state index contributed by atoms with van der Waals surface area (Å²) >= 11 is 0. The molecule has 0 atom stereocenters. The molecule has 0 saturated carbocycles. The number of rotatable bonds is 2. The number of hydrogen-bond acceptors (Lipinski definition) is 2. The number of nitrogens with one attached hydrogen (secondary N) is 2. The van der Waals surface area contributed by atoms with Crippen LogP contribution in [0.25, 0.3) is 0 Å². The average Bonchev–Trinajstić information content (AvgIpc) is 2.34. The molecule has 0 saturated heterocycles. The molecule has 0 aliphatic heterocycles. The van der Waals surface area contributed by atoms with Gasteiger partial charge in [0.05, 0.1) is 0 Å². The van der Waals surface area contributed by atoms with Crippen LogP contribution in [-0.2, 0) is 0 Å². The summed E-state index contributed by atoms with van der Waals surface area (Å²) in [6, 6.07) is 0. The van der Waals surface area contributed by atoms with Crippen LogP contribution in [0.4, 0.5) is 0 Å². The summed E-state index contributed by atoms with van der Waals surface area (Å²) in [5.41, 5.74) is 2.38. The lowest BCUT2D eigenvalue weighted by Crippen LogP contribution is -2.12. The molecule has 0 aromatic heterocycles. The Bertz CT molecular complexity index is 84.5. The number of hydrogen-bond donors (Lipinski definition) is 2. The quantitative estimate of drug-likeness (QED) is 0.716. The standard InChI is InChI=1S/C6H14N2.3C2H6/c1-5(7-3)6(2)8-4;3*1-2/h7-8H,1-4H3;3*1-2H3/b6-5-;;;. The summed E-state index contributed by atoms with van der Waals surface area (Å²) in [5.74, 6) is 0. The Morgan fingerprint density at radius 1 is 0.571 bits per heavy atom. The van der Waals surface area contributed by atoms with Gasteiger partial charge in [-0.1, -0.05) is 41.5 Å². The van der Waals surface area contributed by atoms with Crippen molar-refractivity contribution in [3.8, 4) is 0 Å². The molecule has 0 aromatic rings. The van der Waals surface area contributed by atoms with E-state index in [-0.39, 0.29) is 0 Å². The smallest absolute Gasteiger partial charge is 0.0262 e. The topological polar surface area (TPSA) is 24.1 Å². The zero-order chi connectivity index (χ0) is 12.6. The lowest BCUT2D eigenvalue weighted by molar-refractivity contribution is 0.879. The summed E-state index contributed by atoms with van der Waals surface area (Å²) < 4.78 is 0. The molecule has 0 heterocycles. The van der Waals surface area contributed by atoms with Crippen molar-refractivity contribution in [1.29, 1.82) is 0 Å². The molecule has 0 aliphatic rings. The van der Waals surface area contributed by atoms with Gasteiger partial charge in [0.1, 0.15) is 0 Å². The fourth-order valence-corrected chi connectivity index (χ4v) is 0.375. The summed E-state index contributed by atoms with van der Waals surface area (Å²) in [6.45, 7) is 16.1. The second-order valence-corrected chi connectivity index (χ2v) is 1.75. The molecule has 0 fully saturated rings. The highest BCUT2D eigenvalue weighted by Gasteiger charge is 1.86. The molecular formula is C12H32N2. The van der Waals surface area contributed by atoms with Gasteiger partial charge in [0.15, 0.2) is 0 Å². The lowest BCUT2D eigenvalue weighted by atomic mass is 10.4. The van der Waals surface area contributed by atoms with Gasteiger partial charge in [0.25, 0.3) is 0 Å². The van der Waals surface area contributed by atoms with Crippen LogP contribution in [0.1, 0.15) is 55.4 Å². The molecule has 0 radical (unpaired) electrons. The van der Waals surface area contributed by atoms with Crippen LogP contribution in [0.3, 0.4) is 0 Å². The molecule has 0 rings (SSSR count). The van der Waals surface area contributed by atoms with Crippen LogP contribution in [0.2, 0.25) is 0 Å². The van der Waals surface area contributed by atoms with E-state index in [0.717, 1.165) is 0 Å². The number of allylic oxidation sites excluding steroid dienone is 2. The molecule has 2 nitrogen and oxygen atoms in total. The van der Waals surface area contributed by atoms with Crippen molar-refractivity contribution in [1.82, 2.24) is 10.6 Å². The molecule has 0 aliphatic carbocycles. The maximum atomic E-state index is 3.03. The molecule has 0 spiro atoms. The molecule has 0 unspecified atom stereocenters. The van der Waals surface area contributed by atoms with Crippen molar-refractivity contribution in [2.45, 2.75) is 55.4 Å². The Morgan fingerprint density at radius 3 is 0.786 bits per heavy atom. The summed E-state index contributed by atoms with van der Waals surface area (Å²) in [7, 11) is 3.83. The van der Waals surface area contributed by atoms with Crippen molar-refractivity contribution in [3.05, 3.63) is 11.4 Å². The van der Waals surface area contributed by atoms with Crippen molar-refractivity contribution in [3.63, 3.8) is 0 Å². The van der Waals surface area contributed by atoms with E-state index in [0.29, 0.717) is 0 Å². The van der Waals surface area contributed by atoms with Crippen LogP contribution in [0.5, 0.6) is 0 Å². The van der Waals surface area contributed by atoms with E-state index in [1.807, 2.05) is 69.5 Å². The first-order chi connectivity index (χ1) is 6.72. The maximum absolute atomic E-state index is 3.03. The molecule has 0 amide bonds.